The number of amides is 2. The first-order chi connectivity index (χ1) is 6.02. The Balaban J connectivity index is 3.20. The summed E-state index contributed by atoms with van der Waals surface area (Å²) in [5, 5.41) is 11.0. The van der Waals surface area contributed by atoms with E-state index in [1.807, 2.05) is 0 Å². The summed E-state index contributed by atoms with van der Waals surface area (Å²) in [6, 6.07) is 2.41. The quantitative estimate of drug-likeness (QED) is 0.428. The van der Waals surface area contributed by atoms with E-state index < -0.39 is 11.8 Å². The Morgan fingerprint density at radius 3 is 2.23 bits per heavy atom. The van der Waals surface area contributed by atoms with Crippen LogP contribution in [0.4, 0.5) is 0 Å². The van der Waals surface area contributed by atoms with Crippen LogP contribution >= 0.6 is 0 Å². The molecule has 68 valence electrons. The molecule has 13 heavy (non-hydrogen) atoms. The SMILES string of the molecule is NC(=O)c1ccc(C(N)=O)[n+]([O-])c1. The Morgan fingerprint density at radius 1 is 1.23 bits per heavy atom. The molecule has 0 bridgehead atoms. The highest BCUT2D eigenvalue weighted by atomic mass is 16.5. The molecule has 0 fully saturated rings. The largest absolute Gasteiger partial charge is 0.618 e. The van der Waals surface area contributed by atoms with Crippen molar-refractivity contribution in [2.24, 2.45) is 11.5 Å². The Hall–Kier alpha value is -2.11. The van der Waals surface area contributed by atoms with Gasteiger partial charge in [-0.05, 0) is 6.07 Å². The number of hydrogen-bond acceptors (Lipinski definition) is 3. The van der Waals surface area contributed by atoms with Gasteiger partial charge in [-0.25, -0.2) is 0 Å². The van der Waals surface area contributed by atoms with Crippen molar-refractivity contribution in [3.8, 4) is 0 Å². The molecule has 0 aliphatic heterocycles. The molecule has 1 aromatic heterocycles. The minimum absolute atomic E-state index is 0.0278. The van der Waals surface area contributed by atoms with Crippen LogP contribution in [-0.2, 0) is 0 Å². The Kier molecular flexibility index (Phi) is 2.14. The van der Waals surface area contributed by atoms with Gasteiger partial charge in [0.1, 0.15) is 5.56 Å². The van der Waals surface area contributed by atoms with E-state index in [1.165, 1.54) is 6.07 Å². The molecule has 0 radical (unpaired) electrons. The molecule has 0 atom stereocenters. The van der Waals surface area contributed by atoms with Crippen molar-refractivity contribution < 1.29 is 14.3 Å². The van der Waals surface area contributed by atoms with E-state index in [9.17, 15) is 14.8 Å². The predicted octanol–water partition coefficient (Wildman–Crippen LogP) is -1.48. The highest BCUT2D eigenvalue weighted by Gasteiger charge is 2.13. The van der Waals surface area contributed by atoms with Gasteiger partial charge in [-0.1, -0.05) is 0 Å². The summed E-state index contributed by atoms with van der Waals surface area (Å²) in [5.41, 5.74) is 9.56. The van der Waals surface area contributed by atoms with Crippen molar-refractivity contribution in [2.45, 2.75) is 0 Å². The van der Waals surface area contributed by atoms with Crippen molar-refractivity contribution in [1.29, 1.82) is 0 Å². The molecule has 1 heterocycles. The van der Waals surface area contributed by atoms with Gasteiger partial charge in [0.15, 0.2) is 6.20 Å². The normalized spacial score (nSPS) is 9.54. The van der Waals surface area contributed by atoms with Crippen LogP contribution < -0.4 is 16.2 Å². The molecule has 6 nitrogen and oxygen atoms in total. The minimum atomic E-state index is -0.856. The van der Waals surface area contributed by atoms with Crippen molar-refractivity contribution in [3.05, 3.63) is 34.8 Å². The zero-order valence-corrected chi connectivity index (χ0v) is 6.56. The van der Waals surface area contributed by atoms with Gasteiger partial charge in [-0.2, -0.15) is 4.73 Å². The molecule has 1 rings (SSSR count). The maximum Gasteiger partial charge on any atom is 0.314 e. The molecule has 0 saturated carbocycles. The van der Waals surface area contributed by atoms with Gasteiger partial charge >= 0.3 is 5.91 Å². The Labute approximate surface area is 73.3 Å². The number of carbonyl (C=O) groups excluding carboxylic acids is 2. The smallest absolute Gasteiger partial charge is 0.314 e. The standard InChI is InChI=1S/C7H7N3O3/c8-6(11)4-1-2-5(7(9)12)10(13)3-4/h1-3H,(H2,8,11)(H2,9,12). The van der Waals surface area contributed by atoms with Gasteiger partial charge in [-0.3, -0.25) is 9.59 Å². The van der Waals surface area contributed by atoms with Crippen molar-refractivity contribution in [2.75, 3.05) is 0 Å². The van der Waals surface area contributed by atoms with E-state index >= 15 is 0 Å². The van der Waals surface area contributed by atoms with Crippen LogP contribution in [0.2, 0.25) is 0 Å². The van der Waals surface area contributed by atoms with Gasteiger partial charge in [0.2, 0.25) is 0 Å². The summed E-state index contributed by atoms with van der Waals surface area (Å²) in [4.78, 5) is 21.2. The fourth-order valence-electron chi connectivity index (χ4n) is 0.818. The van der Waals surface area contributed by atoms with E-state index in [-0.39, 0.29) is 16.0 Å². The van der Waals surface area contributed by atoms with Gasteiger partial charge in [0.25, 0.3) is 11.6 Å². The monoisotopic (exact) mass is 181 g/mol. The lowest BCUT2D eigenvalue weighted by Gasteiger charge is -2.01. The third kappa shape index (κ3) is 1.73. The van der Waals surface area contributed by atoms with Crippen LogP contribution in [-0.4, -0.2) is 11.8 Å². The molecule has 0 aliphatic rings. The molecular formula is C7H7N3O3. The molecule has 2 amide bonds. The van der Waals surface area contributed by atoms with Crippen LogP contribution in [0.15, 0.2) is 18.3 Å². The number of carbonyl (C=O) groups is 2. The molecular weight excluding hydrogens is 174 g/mol. The highest BCUT2D eigenvalue weighted by Crippen LogP contribution is 1.96. The fourth-order valence-corrected chi connectivity index (χ4v) is 0.818. The summed E-state index contributed by atoms with van der Waals surface area (Å²) in [7, 11) is 0. The van der Waals surface area contributed by atoms with E-state index in [4.69, 9.17) is 11.5 Å². The molecule has 0 aromatic carbocycles. The van der Waals surface area contributed by atoms with E-state index in [0.717, 1.165) is 12.3 Å². The van der Waals surface area contributed by atoms with E-state index in [0.29, 0.717) is 0 Å². The number of pyridine rings is 1. The van der Waals surface area contributed by atoms with Crippen LogP contribution in [0.25, 0.3) is 0 Å². The first kappa shape index (κ1) is 8.98. The molecule has 0 spiro atoms. The molecule has 0 saturated heterocycles. The number of aromatic nitrogens is 1. The zero-order valence-electron chi connectivity index (χ0n) is 6.56. The second-order valence-electron chi connectivity index (χ2n) is 2.36. The third-order valence-corrected chi connectivity index (χ3v) is 1.45. The van der Waals surface area contributed by atoms with Crippen molar-refractivity contribution in [1.82, 2.24) is 0 Å². The summed E-state index contributed by atoms with van der Waals surface area (Å²) in [5.74, 6) is -1.59. The Morgan fingerprint density at radius 2 is 1.85 bits per heavy atom. The van der Waals surface area contributed by atoms with Gasteiger partial charge < -0.3 is 16.7 Å². The van der Waals surface area contributed by atoms with Gasteiger partial charge in [-0.15, -0.1) is 0 Å². The maximum absolute atomic E-state index is 11.0. The van der Waals surface area contributed by atoms with Crippen LogP contribution in [0, 0.1) is 5.21 Å². The summed E-state index contributed by atoms with van der Waals surface area (Å²) in [6.45, 7) is 0. The lowest BCUT2D eigenvalue weighted by atomic mass is 10.2. The molecule has 6 heteroatoms. The van der Waals surface area contributed by atoms with Gasteiger partial charge in [0, 0.05) is 6.07 Å². The summed E-state index contributed by atoms with van der Waals surface area (Å²) < 4.78 is 0.211. The Bertz CT molecular complexity index is 375. The first-order valence-corrected chi connectivity index (χ1v) is 3.35. The van der Waals surface area contributed by atoms with Crippen molar-refractivity contribution >= 4 is 11.8 Å². The lowest BCUT2D eigenvalue weighted by molar-refractivity contribution is -0.607. The lowest BCUT2D eigenvalue weighted by Crippen LogP contribution is -2.38. The third-order valence-electron chi connectivity index (χ3n) is 1.45. The van der Waals surface area contributed by atoms with Crippen LogP contribution in [0.3, 0.4) is 0 Å². The van der Waals surface area contributed by atoms with E-state index in [2.05, 4.69) is 0 Å². The van der Waals surface area contributed by atoms with Crippen LogP contribution in [0.5, 0.6) is 0 Å². The average molecular weight is 181 g/mol. The molecule has 1 aromatic rings. The predicted molar refractivity (Wildman–Crippen MR) is 42.4 cm³/mol. The topological polar surface area (TPSA) is 113 Å². The number of rotatable bonds is 2. The van der Waals surface area contributed by atoms with Crippen molar-refractivity contribution in [3.63, 3.8) is 0 Å². The first-order valence-electron chi connectivity index (χ1n) is 3.35. The zero-order chi connectivity index (χ0) is 10.0. The average Bonchev–Trinajstić information content (AvgIpc) is 2.03. The second-order valence-corrected chi connectivity index (χ2v) is 2.36. The molecule has 0 unspecified atom stereocenters. The summed E-state index contributed by atoms with van der Waals surface area (Å²) >= 11 is 0. The molecule has 0 aliphatic carbocycles. The van der Waals surface area contributed by atoms with Gasteiger partial charge in [0.05, 0.1) is 0 Å². The van der Waals surface area contributed by atoms with E-state index in [1.54, 1.807) is 0 Å². The summed E-state index contributed by atoms with van der Waals surface area (Å²) in [6.07, 6.45) is 0.905. The number of hydrogen-bond donors (Lipinski definition) is 2. The number of nitrogens with zero attached hydrogens (tertiary/aromatic N) is 1. The second kappa shape index (κ2) is 3.10. The number of nitrogens with two attached hydrogens (primary N) is 2. The highest BCUT2D eigenvalue weighted by molar-refractivity contribution is 5.93. The maximum atomic E-state index is 11.0. The van der Waals surface area contributed by atoms with Crippen LogP contribution in [0.1, 0.15) is 20.8 Å². The minimum Gasteiger partial charge on any atom is -0.618 e. The number of primary amides is 2. The fraction of sp³-hybridized carbons (Fsp3) is 0. The molecule has 4 N–H and O–H groups in total.